The molecule has 5 nitrogen and oxygen atoms in total. The molecule has 98 valence electrons. The standard InChI is InChI=1S/C12H15ClN2O3/c1-18-11(16)8-15-12(17)14-7-6-9-2-4-10(13)5-3-9/h2-5H,6-8H2,1H3,(H2,14,15,17). The Morgan fingerprint density at radius 2 is 1.89 bits per heavy atom. The number of esters is 1. The van der Waals surface area contributed by atoms with Crippen LogP contribution in [-0.2, 0) is 16.0 Å². The molecule has 0 heterocycles. The molecule has 18 heavy (non-hydrogen) atoms. The van der Waals surface area contributed by atoms with E-state index in [1.165, 1.54) is 7.11 Å². The second kappa shape index (κ2) is 7.55. The highest BCUT2D eigenvalue weighted by Gasteiger charge is 2.03. The summed E-state index contributed by atoms with van der Waals surface area (Å²) in [6.07, 6.45) is 0.697. The molecule has 0 saturated carbocycles. The van der Waals surface area contributed by atoms with Gasteiger partial charge in [-0.05, 0) is 24.1 Å². The van der Waals surface area contributed by atoms with Gasteiger partial charge >= 0.3 is 12.0 Å². The predicted octanol–water partition coefficient (Wildman–Crippen LogP) is 1.35. The molecule has 0 aliphatic rings. The Hall–Kier alpha value is -1.75. The first-order chi connectivity index (χ1) is 8.61. The van der Waals surface area contributed by atoms with E-state index in [4.69, 9.17) is 11.6 Å². The highest BCUT2D eigenvalue weighted by molar-refractivity contribution is 6.30. The number of methoxy groups -OCH3 is 1. The minimum Gasteiger partial charge on any atom is -0.468 e. The summed E-state index contributed by atoms with van der Waals surface area (Å²) in [6, 6.07) is 7.00. The fraction of sp³-hybridized carbons (Fsp3) is 0.333. The third-order valence-corrected chi connectivity index (χ3v) is 2.49. The van der Waals surface area contributed by atoms with Crippen molar-refractivity contribution in [3.05, 3.63) is 34.9 Å². The van der Waals surface area contributed by atoms with E-state index in [1.54, 1.807) is 12.1 Å². The highest BCUT2D eigenvalue weighted by Crippen LogP contribution is 2.09. The van der Waals surface area contributed by atoms with Gasteiger partial charge in [0.2, 0.25) is 0 Å². The van der Waals surface area contributed by atoms with Gasteiger partial charge in [0.15, 0.2) is 0 Å². The van der Waals surface area contributed by atoms with Crippen LogP contribution in [0.2, 0.25) is 5.02 Å². The molecule has 0 saturated heterocycles. The Morgan fingerprint density at radius 1 is 1.22 bits per heavy atom. The second-order valence-corrected chi connectivity index (χ2v) is 4.00. The Bertz CT molecular complexity index is 406. The van der Waals surface area contributed by atoms with Gasteiger partial charge in [-0.1, -0.05) is 23.7 Å². The molecule has 0 fully saturated rings. The fourth-order valence-electron chi connectivity index (χ4n) is 1.26. The molecule has 0 spiro atoms. The zero-order chi connectivity index (χ0) is 13.4. The van der Waals surface area contributed by atoms with Crippen molar-refractivity contribution in [2.24, 2.45) is 0 Å². The first-order valence-corrected chi connectivity index (χ1v) is 5.82. The highest BCUT2D eigenvalue weighted by atomic mass is 35.5. The third kappa shape index (κ3) is 5.54. The first kappa shape index (κ1) is 14.3. The molecule has 6 heteroatoms. The van der Waals surface area contributed by atoms with Crippen LogP contribution in [0.25, 0.3) is 0 Å². The summed E-state index contributed by atoms with van der Waals surface area (Å²) >= 11 is 5.76. The van der Waals surface area contributed by atoms with Crippen molar-refractivity contribution in [3.63, 3.8) is 0 Å². The van der Waals surface area contributed by atoms with Crippen molar-refractivity contribution in [1.29, 1.82) is 0 Å². The Kier molecular flexibility index (Phi) is 6.00. The normalized spacial score (nSPS) is 9.67. The molecule has 0 aromatic heterocycles. The summed E-state index contributed by atoms with van der Waals surface area (Å²) in [4.78, 5) is 22.0. The molecule has 1 aromatic rings. The van der Waals surface area contributed by atoms with E-state index in [2.05, 4.69) is 15.4 Å². The number of carbonyl (C=O) groups excluding carboxylic acids is 2. The maximum Gasteiger partial charge on any atom is 0.325 e. The van der Waals surface area contributed by atoms with Gasteiger partial charge in [-0.3, -0.25) is 4.79 Å². The van der Waals surface area contributed by atoms with E-state index in [0.717, 1.165) is 5.56 Å². The van der Waals surface area contributed by atoms with Crippen LogP contribution in [0.3, 0.4) is 0 Å². The maximum absolute atomic E-state index is 11.3. The molecular weight excluding hydrogens is 256 g/mol. The monoisotopic (exact) mass is 270 g/mol. The minimum absolute atomic E-state index is 0.136. The topological polar surface area (TPSA) is 67.4 Å². The summed E-state index contributed by atoms with van der Waals surface area (Å²) < 4.78 is 4.39. The molecule has 0 atom stereocenters. The number of halogens is 1. The maximum atomic E-state index is 11.3. The molecule has 0 aliphatic heterocycles. The van der Waals surface area contributed by atoms with Crippen LogP contribution in [0.1, 0.15) is 5.56 Å². The average Bonchev–Trinajstić information content (AvgIpc) is 2.38. The molecular formula is C12H15ClN2O3. The largest absolute Gasteiger partial charge is 0.468 e. The van der Waals surface area contributed by atoms with Crippen LogP contribution >= 0.6 is 11.6 Å². The number of hydrogen-bond donors (Lipinski definition) is 2. The van der Waals surface area contributed by atoms with E-state index >= 15 is 0 Å². The minimum atomic E-state index is -0.483. The van der Waals surface area contributed by atoms with Gasteiger partial charge in [-0.15, -0.1) is 0 Å². The smallest absolute Gasteiger partial charge is 0.325 e. The number of rotatable bonds is 5. The molecule has 2 amide bonds. The van der Waals surface area contributed by atoms with Crippen LogP contribution in [0.5, 0.6) is 0 Å². The zero-order valence-corrected chi connectivity index (χ0v) is 10.8. The van der Waals surface area contributed by atoms with Gasteiger partial charge in [0.1, 0.15) is 6.54 Å². The third-order valence-electron chi connectivity index (χ3n) is 2.23. The van der Waals surface area contributed by atoms with Gasteiger partial charge < -0.3 is 15.4 Å². The Labute approximate surface area is 110 Å². The number of hydrogen-bond acceptors (Lipinski definition) is 3. The quantitative estimate of drug-likeness (QED) is 0.794. The van der Waals surface area contributed by atoms with E-state index in [-0.39, 0.29) is 6.54 Å². The van der Waals surface area contributed by atoms with E-state index in [1.807, 2.05) is 12.1 Å². The number of benzene rings is 1. The molecule has 0 bridgehead atoms. The van der Waals surface area contributed by atoms with Crippen molar-refractivity contribution >= 4 is 23.6 Å². The molecule has 1 aromatic carbocycles. The van der Waals surface area contributed by atoms with Crippen LogP contribution in [0, 0.1) is 0 Å². The average molecular weight is 271 g/mol. The van der Waals surface area contributed by atoms with E-state index in [9.17, 15) is 9.59 Å². The number of ether oxygens (including phenoxy) is 1. The van der Waals surface area contributed by atoms with E-state index in [0.29, 0.717) is 18.0 Å². The number of nitrogens with one attached hydrogen (secondary N) is 2. The van der Waals surface area contributed by atoms with Crippen molar-refractivity contribution in [3.8, 4) is 0 Å². The van der Waals surface area contributed by atoms with Crippen molar-refractivity contribution in [1.82, 2.24) is 10.6 Å². The summed E-state index contributed by atoms with van der Waals surface area (Å²) in [5.41, 5.74) is 1.08. The summed E-state index contributed by atoms with van der Waals surface area (Å²) in [5.74, 6) is -0.483. The van der Waals surface area contributed by atoms with Gasteiger partial charge in [0, 0.05) is 11.6 Å². The molecule has 0 aliphatic carbocycles. The van der Waals surface area contributed by atoms with Crippen molar-refractivity contribution < 1.29 is 14.3 Å². The zero-order valence-electron chi connectivity index (χ0n) is 10.0. The van der Waals surface area contributed by atoms with Gasteiger partial charge in [-0.25, -0.2) is 4.79 Å². The fourth-order valence-corrected chi connectivity index (χ4v) is 1.38. The molecule has 1 rings (SSSR count). The number of carbonyl (C=O) groups is 2. The predicted molar refractivity (Wildman–Crippen MR) is 68.6 cm³/mol. The summed E-state index contributed by atoms with van der Waals surface area (Å²) in [6.45, 7) is 0.345. The Balaban J connectivity index is 2.19. The van der Waals surface area contributed by atoms with Gasteiger partial charge in [0.25, 0.3) is 0 Å². The van der Waals surface area contributed by atoms with E-state index < -0.39 is 12.0 Å². The SMILES string of the molecule is COC(=O)CNC(=O)NCCc1ccc(Cl)cc1. The second-order valence-electron chi connectivity index (χ2n) is 3.56. The lowest BCUT2D eigenvalue weighted by atomic mass is 10.1. The van der Waals surface area contributed by atoms with Crippen LogP contribution in [-0.4, -0.2) is 32.2 Å². The lowest BCUT2D eigenvalue weighted by Gasteiger charge is -2.06. The van der Waals surface area contributed by atoms with Crippen LogP contribution in [0.4, 0.5) is 4.79 Å². The molecule has 2 N–H and O–H groups in total. The van der Waals surface area contributed by atoms with Crippen molar-refractivity contribution in [2.45, 2.75) is 6.42 Å². The van der Waals surface area contributed by atoms with Gasteiger partial charge in [0.05, 0.1) is 7.11 Å². The molecule has 0 radical (unpaired) electrons. The van der Waals surface area contributed by atoms with Crippen LogP contribution in [0.15, 0.2) is 24.3 Å². The van der Waals surface area contributed by atoms with Crippen LogP contribution < -0.4 is 10.6 Å². The number of amides is 2. The Morgan fingerprint density at radius 3 is 2.50 bits per heavy atom. The first-order valence-electron chi connectivity index (χ1n) is 5.45. The summed E-state index contributed by atoms with van der Waals surface area (Å²) in [7, 11) is 1.27. The lowest BCUT2D eigenvalue weighted by Crippen LogP contribution is -2.39. The summed E-state index contributed by atoms with van der Waals surface area (Å²) in [5, 5.41) is 5.70. The number of urea groups is 1. The van der Waals surface area contributed by atoms with Crippen molar-refractivity contribution in [2.75, 3.05) is 20.2 Å². The van der Waals surface area contributed by atoms with Gasteiger partial charge in [-0.2, -0.15) is 0 Å². The molecule has 0 unspecified atom stereocenters. The lowest BCUT2D eigenvalue weighted by molar-refractivity contribution is -0.139.